The summed E-state index contributed by atoms with van der Waals surface area (Å²) in [6.07, 6.45) is 5.38. The lowest BCUT2D eigenvalue weighted by Crippen LogP contribution is -2.32. The van der Waals surface area contributed by atoms with Gasteiger partial charge in [0.1, 0.15) is 11.7 Å². The highest BCUT2D eigenvalue weighted by atomic mass is 16.5. The predicted octanol–water partition coefficient (Wildman–Crippen LogP) is 2.39. The number of esters is 1. The van der Waals surface area contributed by atoms with Gasteiger partial charge in [0.25, 0.3) is 0 Å². The lowest BCUT2D eigenvalue weighted by molar-refractivity contribution is -0.147. The molecule has 0 saturated carbocycles. The van der Waals surface area contributed by atoms with Crippen molar-refractivity contribution in [1.82, 2.24) is 0 Å². The van der Waals surface area contributed by atoms with Crippen molar-refractivity contribution in [3.63, 3.8) is 0 Å². The molecule has 0 unspecified atom stereocenters. The molecule has 0 spiro atoms. The van der Waals surface area contributed by atoms with Crippen molar-refractivity contribution in [3.05, 3.63) is 11.8 Å². The van der Waals surface area contributed by atoms with Crippen molar-refractivity contribution in [2.45, 2.75) is 39.0 Å². The van der Waals surface area contributed by atoms with Crippen LogP contribution in [0.15, 0.2) is 11.8 Å². The van der Waals surface area contributed by atoms with Crippen LogP contribution in [0.4, 0.5) is 0 Å². The molecule has 0 radical (unpaired) electrons. The van der Waals surface area contributed by atoms with E-state index in [4.69, 9.17) is 0 Å². The lowest BCUT2D eigenvalue weighted by atomic mass is 9.79. The Morgan fingerprint density at radius 3 is 2.82 bits per heavy atom. The molecule has 0 fully saturated rings. The fourth-order valence-electron chi connectivity index (χ4n) is 2.30. The van der Waals surface area contributed by atoms with Crippen LogP contribution in [0, 0.1) is 11.8 Å². The zero-order chi connectivity index (χ0) is 12.8. The van der Waals surface area contributed by atoms with E-state index in [1.54, 1.807) is 0 Å². The second kappa shape index (κ2) is 6.42. The Morgan fingerprint density at radius 1 is 1.53 bits per heavy atom. The van der Waals surface area contributed by atoms with Gasteiger partial charge in [-0.2, -0.15) is 0 Å². The number of aliphatic hydroxyl groups is 1. The largest absolute Gasteiger partial charge is 0.511 e. The Hall–Kier alpha value is -1.32. The highest BCUT2D eigenvalue weighted by Gasteiger charge is 2.37. The Bertz CT molecular complexity index is 319. The number of hydrogen-bond acceptors (Lipinski definition) is 4. The maximum Gasteiger partial charge on any atom is 0.316 e. The molecule has 0 aromatic heterocycles. The molecule has 1 aliphatic carbocycles. The van der Waals surface area contributed by atoms with Crippen LogP contribution in [0.5, 0.6) is 0 Å². The van der Waals surface area contributed by atoms with E-state index in [1.165, 1.54) is 7.11 Å². The topological polar surface area (TPSA) is 63.6 Å². The molecule has 0 saturated heterocycles. The quantitative estimate of drug-likeness (QED) is 0.592. The molecular weight excluding hydrogens is 220 g/mol. The predicted molar refractivity (Wildman–Crippen MR) is 63.5 cm³/mol. The van der Waals surface area contributed by atoms with Crippen LogP contribution in [-0.4, -0.2) is 24.0 Å². The van der Waals surface area contributed by atoms with Gasteiger partial charge in [-0.25, -0.2) is 0 Å². The van der Waals surface area contributed by atoms with Crippen LogP contribution in [0.25, 0.3) is 0 Å². The van der Waals surface area contributed by atoms with Gasteiger partial charge in [0, 0.05) is 12.5 Å². The standard InChI is InChI=1S/C13H20O4/c1-3-4-5-6-9-7-10(14)8-11(15)12(9)13(16)17-2/h8-9,12,15H,3-7H2,1-2H3/t9-,12+/m0/s1. The van der Waals surface area contributed by atoms with Crippen molar-refractivity contribution in [3.8, 4) is 0 Å². The third-order valence-corrected chi connectivity index (χ3v) is 3.20. The third kappa shape index (κ3) is 3.58. The van der Waals surface area contributed by atoms with Gasteiger partial charge in [-0.15, -0.1) is 0 Å². The minimum absolute atomic E-state index is 0.107. The van der Waals surface area contributed by atoms with Crippen molar-refractivity contribution in [2.75, 3.05) is 7.11 Å². The number of hydrogen-bond donors (Lipinski definition) is 1. The van der Waals surface area contributed by atoms with E-state index >= 15 is 0 Å². The SMILES string of the molecule is CCCCC[C@H]1CC(=O)C=C(O)[C@@H]1C(=O)OC. The van der Waals surface area contributed by atoms with Crippen LogP contribution in [-0.2, 0) is 14.3 Å². The van der Waals surface area contributed by atoms with Gasteiger partial charge in [0.05, 0.1) is 7.11 Å². The monoisotopic (exact) mass is 240 g/mol. The number of unbranched alkanes of at least 4 members (excludes halogenated alkanes) is 2. The molecule has 96 valence electrons. The van der Waals surface area contributed by atoms with Crippen molar-refractivity contribution in [2.24, 2.45) is 11.8 Å². The smallest absolute Gasteiger partial charge is 0.316 e. The van der Waals surface area contributed by atoms with Crippen LogP contribution in [0.2, 0.25) is 0 Å². The average Bonchev–Trinajstić information content (AvgIpc) is 2.28. The van der Waals surface area contributed by atoms with Crippen molar-refractivity contribution < 1.29 is 19.4 Å². The molecule has 1 aliphatic rings. The zero-order valence-electron chi connectivity index (χ0n) is 10.4. The zero-order valence-corrected chi connectivity index (χ0v) is 10.4. The van der Waals surface area contributed by atoms with Crippen molar-refractivity contribution in [1.29, 1.82) is 0 Å². The summed E-state index contributed by atoms with van der Waals surface area (Å²) in [6, 6.07) is 0. The van der Waals surface area contributed by atoms with Crippen LogP contribution < -0.4 is 0 Å². The molecule has 4 heteroatoms. The summed E-state index contributed by atoms with van der Waals surface area (Å²) in [5.74, 6) is -1.48. The van der Waals surface area contributed by atoms with Gasteiger partial charge in [-0.1, -0.05) is 26.2 Å². The van der Waals surface area contributed by atoms with E-state index in [1.807, 2.05) is 0 Å². The van der Waals surface area contributed by atoms with Crippen LogP contribution in [0.3, 0.4) is 0 Å². The Kier molecular flexibility index (Phi) is 5.19. The minimum atomic E-state index is -0.658. The second-order valence-electron chi connectivity index (χ2n) is 4.50. The fraction of sp³-hybridized carbons (Fsp3) is 0.692. The van der Waals surface area contributed by atoms with E-state index in [9.17, 15) is 14.7 Å². The number of carbonyl (C=O) groups excluding carboxylic acids is 2. The molecule has 0 aliphatic heterocycles. The molecule has 0 heterocycles. The number of carbonyl (C=O) groups is 2. The van der Waals surface area contributed by atoms with Crippen molar-refractivity contribution >= 4 is 11.8 Å². The average molecular weight is 240 g/mol. The van der Waals surface area contributed by atoms with Gasteiger partial charge >= 0.3 is 5.97 Å². The Labute approximate surface area is 102 Å². The van der Waals surface area contributed by atoms with E-state index < -0.39 is 11.9 Å². The first kappa shape index (κ1) is 13.7. The number of ether oxygens (including phenoxy) is 1. The number of methoxy groups -OCH3 is 1. The molecule has 0 aromatic carbocycles. The maximum absolute atomic E-state index is 11.6. The van der Waals surface area contributed by atoms with Crippen LogP contribution in [0.1, 0.15) is 39.0 Å². The number of aliphatic hydroxyl groups excluding tert-OH is 1. The number of rotatable bonds is 5. The lowest BCUT2D eigenvalue weighted by Gasteiger charge is -2.27. The molecule has 0 aromatic rings. The van der Waals surface area contributed by atoms with Gasteiger partial charge in [-0.05, 0) is 12.3 Å². The summed E-state index contributed by atoms with van der Waals surface area (Å²) >= 11 is 0. The highest BCUT2D eigenvalue weighted by Crippen LogP contribution is 2.32. The Morgan fingerprint density at radius 2 is 2.24 bits per heavy atom. The van der Waals surface area contributed by atoms with Gasteiger partial charge in [-0.3, -0.25) is 9.59 Å². The molecule has 0 amide bonds. The van der Waals surface area contributed by atoms with E-state index in [0.29, 0.717) is 6.42 Å². The minimum Gasteiger partial charge on any atom is -0.511 e. The fourth-order valence-corrected chi connectivity index (χ4v) is 2.30. The van der Waals surface area contributed by atoms with Gasteiger partial charge < -0.3 is 9.84 Å². The van der Waals surface area contributed by atoms with Gasteiger partial charge in [0.2, 0.25) is 0 Å². The summed E-state index contributed by atoms with van der Waals surface area (Å²) in [7, 11) is 1.30. The molecule has 2 atom stereocenters. The van der Waals surface area contributed by atoms with E-state index in [-0.39, 0.29) is 17.5 Å². The maximum atomic E-state index is 11.6. The van der Waals surface area contributed by atoms with Gasteiger partial charge in [0.15, 0.2) is 5.78 Å². The number of ketones is 1. The first-order valence-corrected chi connectivity index (χ1v) is 6.11. The molecule has 4 nitrogen and oxygen atoms in total. The Balaban J connectivity index is 2.74. The summed E-state index contributed by atoms with van der Waals surface area (Å²) in [4.78, 5) is 23.0. The molecule has 1 rings (SSSR count). The number of allylic oxidation sites excluding steroid dienone is 1. The first-order valence-electron chi connectivity index (χ1n) is 6.11. The molecule has 17 heavy (non-hydrogen) atoms. The van der Waals surface area contributed by atoms with Crippen LogP contribution >= 0.6 is 0 Å². The van der Waals surface area contributed by atoms with E-state index in [2.05, 4.69) is 11.7 Å². The molecular formula is C13H20O4. The van der Waals surface area contributed by atoms with E-state index in [0.717, 1.165) is 31.8 Å². The summed E-state index contributed by atoms with van der Waals surface area (Å²) in [5.41, 5.74) is 0. The third-order valence-electron chi connectivity index (χ3n) is 3.20. The normalized spacial score (nSPS) is 24.4. The second-order valence-corrected chi connectivity index (χ2v) is 4.50. The first-order chi connectivity index (χ1) is 8.10. The molecule has 1 N–H and O–H groups in total. The summed E-state index contributed by atoms with van der Waals surface area (Å²) in [5, 5.41) is 9.71. The summed E-state index contributed by atoms with van der Waals surface area (Å²) in [6.45, 7) is 2.10. The summed E-state index contributed by atoms with van der Waals surface area (Å²) < 4.78 is 4.68. The molecule has 0 bridgehead atoms. The highest BCUT2D eigenvalue weighted by molar-refractivity contribution is 5.93.